The first-order valence-electron chi connectivity index (χ1n) is 4.86. The molecule has 0 unspecified atom stereocenters. The molecule has 0 amide bonds. The molecule has 0 radical (unpaired) electrons. The van der Waals surface area contributed by atoms with Gasteiger partial charge in [0.2, 0.25) is 0 Å². The summed E-state index contributed by atoms with van der Waals surface area (Å²) in [4.78, 5) is 0. The van der Waals surface area contributed by atoms with Crippen LogP contribution in [0.5, 0.6) is 0 Å². The zero-order valence-corrected chi connectivity index (χ0v) is 8.62. The second kappa shape index (κ2) is 4.37. The van der Waals surface area contributed by atoms with Crippen LogP contribution in [0.2, 0.25) is 0 Å². The Morgan fingerprint density at radius 1 is 1.38 bits per heavy atom. The highest BCUT2D eigenvalue weighted by molar-refractivity contribution is 4.98. The van der Waals surface area contributed by atoms with Crippen molar-refractivity contribution in [3.63, 3.8) is 0 Å². The molecule has 1 heterocycles. The number of nitrogens with two attached hydrogens (primary N) is 1. The molecule has 1 atom stereocenters. The fourth-order valence-corrected chi connectivity index (χ4v) is 1.35. The molecule has 0 aromatic carbocycles. The number of aryl methyl sites for hydroxylation is 1. The van der Waals surface area contributed by atoms with Crippen LogP contribution in [0, 0.1) is 6.92 Å². The van der Waals surface area contributed by atoms with Crippen molar-refractivity contribution in [2.75, 3.05) is 0 Å². The van der Waals surface area contributed by atoms with E-state index < -0.39 is 0 Å². The zero-order valence-electron chi connectivity index (χ0n) is 8.62. The van der Waals surface area contributed by atoms with Crippen LogP contribution in [-0.4, -0.2) is 14.8 Å². The van der Waals surface area contributed by atoms with Crippen LogP contribution in [0.3, 0.4) is 0 Å². The van der Waals surface area contributed by atoms with Crippen LogP contribution >= 0.6 is 0 Å². The second-order valence-corrected chi connectivity index (χ2v) is 3.27. The third-order valence-electron chi connectivity index (χ3n) is 2.18. The monoisotopic (exact) mass is 182 g/mol. The van der Waals surface area contributed by atoms with Crippen LogP contribution in [0.25, 0.3) is 0 Å². The van der Waals surface area contributed by atoms with Gasteiger partial charge in [0.05, 0.1) is 6.04 Å². The van der Waals surface area contributed by atoms with Crippen molar-refractivity contribution in [3.05, 3.63) is 11.6 Å². The second-order valence-electron chi connectivity index (χ2n) is 3.27. The molecular formula is C9H18N4. The highest BCUT2D eigenvalue weighted by atomic mass is 15.3. The quantitative estimate of drug-likeness (QED) is 0.766. The minimum Gasteiger partial charge on any atom is -0.321 e. The SMILES string of the molecule is CCCn1c(C)nnc1[C@H](N)CC. The number of rotatable bonds is 4. The van der Waals surface area contributed by atoms with E-state index in [0.29, 0.717) is 0 Å². The lowest BCUT2D eigenvalue weighted by Crippen LogP contribution is -2.16. The van der Waals surface area contributed by atoms with Crippen LogP contribution < -0.4 is 5.73 Å². The van der Waals surface area contributed by atoms with Gasteiger partial charge < -0.3 is 10.3 Å². The van der Waals surface area contributed by atoms with E-state index in [0.717, 1.165) is 31.0 Å². The van der Waals surface area contributed by atoms with Gasteiger partial charge in [0.1, 0.15) is 11.6 Å². The third-order valence-corrected chi connectivity index (χ3v) is 2.18. The number of aromatic nitrogens is 3. The van der Waals surface area contributed by atoms with E-state index >= 15 is 0 Å². The topological polar surface area (TPSA) is 56.7 Å². The van der Waals surface area contributed by atoms with Crippen molar-refractivity contribution in [1.82, 2.24) is 14.8 Å². The summed E-state index contributed by atoms with van der Waals surface area (Å²) in [5, 5.41) is 8.13. The van der Waals surface area contributed by atoms with E-state index in [1.54, 1.807) is 0 Å². The number of hydrogen-bond acceptors (Lipinski definition) is 3. The summed E-state index contributed by atoms with van der Waals surface area (Å²) >= 11 is 0. The van der Waals surface area contributed by atoms with Gasteiger partial charge in [0, 0.05) is 6.54 Å². The van der Waals surface area contributed by atoms with Crippen molar-refractivity contribution in [3.8, 4) is 0 Å². The molecule has 1 aromatic heterocycles. The first kappa shape index (κ1) is 10.2. The predicted octanol–water partition coefficient (Wildman–Crippen LogP) is 1.41. The summed E-state index contributed by atoms with van der Waals surface area (Å²) in [7, 11) is 0. The standard InChI is InChI=1S/C9H18N4/c1-4-6-13-7(3)11-12-9(13)8(10)5-2/h8H,4-6,10H2,1-3H3/t8-/m1/s1. The Kier molecular flexibility index (Phi) is 3.42. The summed E-state index contributed by atoms with van der Waals surface area (Å²) in [6, 6.07) is 0.0211. The zero-order chi connectivity index (χ0) is 9.84. The van der Waals surface area contributed by atoms with Gasteiger partial charge in [-0.3, -0.25) is 0 Å². The summed E-state index contributed by atoms with van der Waals surface area (Å²) in [5.74, 6) is 1.88. The minimum atomic E-state index is 0.0211. The van der Waals surface area contributed by atoms with Crippen LogP contribution in [0.1, 0.15) is 44.4 Å². The molecule has 0 aliphatic heterocycles. The summed E-state index contributed by atoms with van der Waals surface area (Å²) in [5.41, 5.74) is 5.92. The molecule has 0 bridgehead atoms. The average Bonchev–Trinajstić information content (AvgIpc) is 2.48. The molecule has 0 aliphatic carbocycles. The highest BCUT2D eigenvalue weighted by Crippen LogP contribution is 2.12. The highest BCUT2D eigenvalue weighted by Gasteiger charge is 2.13. The van der Waals surface area contributed by atoms with Gasteiger partial charge >= 0.3 is 0 Å². The van der Waals surface area contributed by atoms with E-state index in [-0.39, 0.29) is 6.04 Å². The van der Waals surface area contributed by atoms with Crippen molar-refractivity contribution >= 4 is 0 Å². The molecule has 1 aromatic rings. The number of hydrogen-bond donors (Lipinski definition) is 1. The van der Waals surface area contributed by atoms with Gasteiger partial charge in [-0.1, -0.05) is 13.8 Å². The minimum absolute atomic E-state index is 0.0211. The van der Waals surface area contributed by atoms with Crippen molar-refractivity contribution in [2.45, 2.75) is 46.2 Å². The molecule has 0 saturated heterocycles. The van der Waals surface area contributed by atoms with Gasteiger partial charge in [-0.25, -0.2) is 0 Å². The van der Waals surface area contributed by atoms with Crippen molar-refractivity contribution in [2.24, 2.45) is 5.73 Å². The normalized spacial score (nSPS) is 13.2. The lowest BCUT2D eigenvalue weighted by atomic mass is 10.2. The van der Waals surface area contributed by atoms with E-state index in [1.165, 1.54) is 0 Å². The summed E-state index contributed by atoms with van der Waals surface area (Å²) in [6.45, 7) is 7.13. The van der Waals surface area contributed by atoms with Gasteiger partial charge in [-0.05, 0) is 19.8 Å². The molecule has 4 heteroatoms. The lowest BCUT2D eigenvalue weighted by Gasteiger charge is -2.11. The number of nitrogens with zero attached hydrogens (tertiary/aromatic N) is 3. The van der Waals surface area contributed by atoms with Crippen LogP contribution in [0.4, 0.5) is 0 Å². The van der Waals surface area contributed by atoms with Crippen LogP contribution in [0.15, 0.2) is 0 Å². The Morgan fingerprint density at radius 2 is 2.08 bits per heavy atom. The maximum Gasteiger partial charge on any atom is 0.149 e. The molecule has 4 nitrogen and oxygen atoms in total. The molecule has 1 rings (SSSR count). The predicted molar refractivity (Wildman–Crippen MR) is 52.3 cm³/mol. The largest absolute Gasteiger partial charge is 0.321 e. The summed E-state index contributed by atoms with van der Waals surface area (Å²) in [6.07, 6.45) is 1.99. The van der Waals surface area contributed by atoms with Crippen molar-refractivity contribution in [1.29, 1.82) is 0 Å². The maximum absolute atomic E-state index is 5.92. The van der Waals surface area contributed by atoms with E-state index in [2.05, 4.69) is 28.6 Å². The van der Waals surface area contributed by atoms with E-state index in [9.17, 15) is 0 Å². The molecule has 0 saturated carbocycles. The molecule has 0 aliphatic rings. The molecule has 0 fully saturated rings. The molecule has 0 spiro atoms. The third kappa shape index (κ3) is 2.06. The smallest absolute Gasteiger partial charge is 0.149 e. The maximum atomic E-state index is 5.92. The fraction of sp³-hybridized carbons (Fsp3) is 0.778. The fourth-order valence-electron chi connectivity index (χ4n) is 1.35. The Hall–Kier alpha value is -0.900. The van der Waals surface area contributed by atoms with Gasteiger partial charge in [-0.15, -0.1) is 10.2 Å². The average molecular weight is 182 g/mol. The molecule has 13 heavy (non-hydrogen) atoms. The summed E-state index contributed by atoms with van der Waals surface area (Å²) < 4.78 is 2.11. The van der Waals surface area contributed by atoms with Gasteiger partial charge in [0.15, 0.2) is 0 Å². The van der Waals surface area contributed by atoms with E-state index in [1.807, 2.05) is 6.92 Å². The van der Waals surface area contributed by atoms with Gasteiger partial charge in [-0.2, -0.15) is 0 Å². The van der Waals surface area contributed by atoms with Crippen molar-refractivity contribution < 1.29 is 0 Å². The van der Waals surface area contributed by atoms with Crippen LogP contribution in [-0.2, 0) is 6.54 Å². The Labute approximate surface area is 79.2 Å². The molecular weight excluding hydrogens is 164 g/mol. The lowest BCUT2D eigenvalue weighted by molar-refractivity contribution is 0.558. The molecule has 2 N–H and O–H groups in total. The first-order chi connectivity index (χ1) is 6.20. The Morgan fingerprint density at radius 3 is 2.62 bits per heavy atom. The van der Waals surface area contributed by atoms with E-state index in [4.69, 9.17) is 5.73 Å². The molecule has 74 valence electrons. The Balaban J connectivity index is 2.92. The van der Waals surface area contributed by atoms with Gasteiger partial charge in [0.25, 0.3) is 0 Å². The Bertz CT molecular complexity index is 267. The first-order valence-corrected chi connectivity index (χ1v) is 4.86.